The highest BCUT2D eigenvalue weighted by Crippen LogP contribution is 2.46. The van der Waals surface area contributed by atoms with Gasteiger partial charge in [0.2, 0.25) is 5.95 Å². The average Bonchev–Trinajstić information content (AvgIpc) is 2.86. The zero-order valence-corrected chi connectivity index (χ0v) is 9.44. The van der Waals surface area contributed by atoms with Crippen molar-refractivity contribution in [3.8, 4) is 0 Å². The Balaban J connectivity index is 1.88. The number of nitrogens with one attached hydrogen (secondary N) is 1. The second-order valence-corrected chi connectivity index (χ2v) is 5.01. The molecule has 1 aliphatic rings. The molecule has 1 N–H and O–H groups in total. The number of nitrogens with zero attached hydrogens (tertiary/aromatic N) is 3. The molecule has 4 nitrogen and oxygen atoms in total. The maximum Gasteiger partial charge on any atom is 0.243 e. The van der Waals surface area contributed by atoms with Gasteiger partial charge in [0, 0.05) is 6.04 Å². The van der Waals surface area contributed by atoms with E-state index in [2.05, 4.69) is 34.3 Å². The van der Waals surface area contributed by atoms with Crippen LogP contribution >= 0.6 is 0 Å². The van der Waals surface area contributed by atoms with Gasteiger partial charge < -0.3 is 5.32 Å². The van der Waals surface area contributed by atoms with E-state index in [1.165, 1.54) is 6.42 Å². The fraction of sp³-hybridized carbons (Fsp3) is 0.417. The zero-order chi connectivity index (χ0) is 11.2. The topological polar surface area (TPSA) is 50.7 Å². The first-order valence-corrected chi connectivity index (χ1v) is 5.51. The molecule has 1 fully saturated rings. The summed E-state index contributed by atoms with van der Waals surface area (Å²) in [6.07, 6.45) is 1.17. The minimum Gasteiger partial charge on any atom is -0.350 e. The molecule has 2 aromatic rings. The Morgan fingerprint density at radius 2 is 1.88 bits per heavy atom. The largest absolute Gasteiger partial charge is 0.350 e. The molecule has 0 saturated heterocycles. The van der Waals surface area contributed by atoms with Crippen molar-refractivity contribution >= 4 is 17.0 Å². The van der Waals surface area contributed by atoms with Gasteiger partial charge in [0.25, 0.3) is 0 Å². The maximum absolute atomic E-state index is 4.44. The smallest absolute Gasteiger partial charge is 0.243 e. The minimum absolute atomic E-state index is 0.370. The molecule has 1 aliphatic carbocycles. The molecular weight excluding hydrogens is 200 g/mol. The van der Waals surface area contributed by atoms with Crippen LogP contribution in [0.25, 0.3) is 11.0 Å². The van der Waals surface area contributed by atoms with Crippen LogP contribution in [0.5, 0.6) is 0 Å². The second kappa shape index (κ2) is 3.14. The van der Waals surface area contributed by atoms with Crippen LogP contribution in [-0.2, 0) is 0 Å². The fourth-order valence-corrected chi connectivity index (χ4v) is 1.81. The predicted octanol–water partition coefficient (Wildman–Crippen LogP) is 2.24. The molecule has 1 aromatic heterocycles. The van der Waals surface area contributed by atoms with Crippen molar-refractivity contribution in [2.24, 2.45) is 5.41 Å². The van der Waals surface area contributed by atoms with Crippen LogP contribution in [0.4, 0.5) is 5.95 Å². The maximum atomic E-state index is 4.44. The highest BCUT2D eigenvalue weighted by molar-refractivity contribution is 5.74. The summed E-state index contributed by atoms with van der Waals surface area (Å²) < 4.78 is 0. The molecule has 16 heavy (non-hydrogen) atoms. The van der Waals surface area contributed by atoms with Gasteiger partial charge in [0.05, 0.1) is 5.52 Å². The molecule has 0 spiro atoms. The first kappa shape index (κ1) is 9.51. The molecule has 0 aliphatic heterocycles. The van der Waals surface area contributed by atoms with Crippen molar-refractivity contribution in [2.75, 3.05) is 5.32 Å². The van der Waals surface area contributed by atoms with E-state index in [1.807, 2.05) is 24.3 Å². The number of benzene rings is 1. The number of hydrogen-bond donors (Lipinski definition) is 1. The van der Waals surface area contributed by atoms with Gasteiger partial charge >= 0.3 is 0 Å². The van der Waals surface area contributed by atoms with Gasteiger partial charge in [-0.2, -0.15) is 0 Å². The number of aromatic nitrogens is 3. The van der Waals surface area contributed by atoms with Crippen molar-refractivity contribution < 1.29 is 0 Å². The van der Waals surface area contributed by atoms with Gasteiger partial charge in [-0.05, 0) is 24.0 Å². The minimum atomic E-state index is 0.370. The molecular formula is C12H14N4. The second-order valence-electron chi connectivity index (χ2n) is 5.01. The van der Waals surface area contributed by atoms with Gasteiger partial charge in [-0.1, -0.05) is 26.0 Å². The molecule has 1 saturated carbocycles. The van der Waals surface area contributed by atoms with E-state index < -0.39 is 0 Å². The van der Waals surface area contributed by atoms with Crippen molar-refractivity contribution in [3.05, 3.63) is 24.3 Å². The Kier molecular flexibility index (Phi) is 1.87. The van der Waals surface area contributed by atoms with E-state index in [1.54, 1.807) is 0 Å². The summed E-state index contributed by atoms with van der Waals surface area (Å²) in [6.45, 7) is 4.47. The highest BCUT2D eigenvalue weighted by atomic mass is 15.3. The number of anilines is 1. The van der Waals surface area contributed by atoms with Crippen LogP contribution in [0, 0.1) is 5.41 Å². The monoisotopic (exact) mass is 214 g/mol. The quantitative estimate of drug-likeness (QED) is 0.833. The Labute approximate surface area is 94.1 Å². The molecule has 0 radical (unpaired) electrons. The third-order valence-corrected chi connectivity index (χ3v) is 3.18. The summed E-state index contributed by atoms with van der Waals surface area (Å²) in [6, 6.07) is 8.25. The normalized spacial score (nSPS) is 22.0. The van der Waals surface area contributed by atoms with Crippen molar-refractivity contribution in [3.63, 3.8) is 0 Å². The van der Waals surface area contributed by atoms with E-state index in [0.717, 1.165) is 11.0 Å². The first-order chi connectivity index (χ1) is 7.65. The predicted molar refractivity (Wildman–Crippen MR) is 63.1 cm³/mol. The molecule has 1 unspecified atom stereocenters. The van der Waals surface area contributed by atoms with Gasteiger partial charge in [-0.3, -0.25) is 0 Å². The number of hydrogen-bond acceptors (Lipinski definition) is 4. The van der Waals surface area contributed by atoms with Crippen LogP contribution in [0.1, 0.15) is 20.3 Å². The average molecular weight is 214 g/mol. The summed E-state index contributed by atoms with van der Waals surface area (Å²) in [5.74, 6) is 0.634. The van der Waals surface area contributed by atoms with E-state index >= 15 is 0 Å². The lowest BCUT2D eigenvalue weighted by Crippen LogP contribution is -2.11. The van der Waals surface area contributed by atoms with E-state index in [0.29, 0.717) is 17.4 Å². The van der Waals surface area contributed by atoms with Crippen LogP contribution in [0.3, 0.4) is 0 Å². The molecule has 4 heteroatoms. The number of para-hydroxylation sites is 1. The SMILES string of the molecule is CC1(C)CC1Nc1nnc2ccccc2n1. The molecule has 1 aromatic carbocycles. The van der Waals surface area contributed by atoms with E-state index in [9.17, 15) is 0 Å². The van der Waals surface area contributed by atoms with Crippen molar-refractivity contribution in [2.45, 2.75) is 26.3 Å². The van der Waals surface area contributed by atoms with Crippen LogP contribution in [0.15, 0.2) is 24.3 Å². The van der Waals surface area contributed by atoms with Gasteiger partial charge in [0.15, 0.2) is 0 Å². The third-order valence-electron chi connectivity index (χ3n) is 3.18. The van der Waals surface area contributed by atoms with E-state index in [4.69, 9.17) is 0 Å². The summed E-state index contributed by atoms with van der Waals surface area (Å²) in [7, 11) is 0. The van der Waals surface area contributed by atoms with Crippen LogP contribution < -0.4 is 5.32 Å². The van der Waals surface area contributed by atoms with Crippen molar-refractivity contribution in [1.29, 1.82) is 0 Å². The summed E-state index contributed by atoms with van der Waals surface area (Å²) >= 11 is 0. The molecule has 1 heterocycles. The lowest BCUT2D eigenvalue weighted by Gasteiger charge is -2.05. The standard InChI is InChI=1S/C12H14N4/c1-12(2)7-10(12)14-11-13-8-5-3-4-6-9(8)15-16-11/h3-6,10H,7H2,1-2H3,(H,13,14,16). The number of fused-ring (bicyclic) bond motifs is 1. The molecule has 82 valence electrons. The molecule has 3 rings (SSSR count). The van der Waals surface area contributed by atoms with Crippen LogP contribution in [0.2, 0.25) is 0 Å². The lowest BCUT2D eigenvalue weighted by atomic mass is 10.2. The third kappa shape index (κ3) is 1.60. The van der Waals surface area contributed by atoms with Crippen molar-refractivity contribution in [1.82, 2.24) is 15.2 Å². The van der Waals surface area contributed by atoms with Gasteiger partial charge in [-0.15, -0.1) is 10.2 Å². The Hall–Kier alpha value is -1.71. The fourth-order valence-electron chi connectivity index (χ4n) is 1.81. The summed E-state index contributed by atoms with van der Waals surface area (Å²) in [5.41, 5.74) is 2.09. The zero-order valence-electron chi connectivity index (χ0n) is 9.44. The Bertz CT molecular complexity index is 535. The number of rotatable bonds is 2. The molecule has 0 bridgehead atoms. The summed E-state index contributed by atoms with van der Waals surface area (Å²) in [4.78, 5) is 4.44. The first-order valence-electron chi connectivity index (χ1n) is 5.51. The Morgan fingerprint density at radius 3 is 2.56 bits per heavy atom. The van der Waals surface area contributed by atoms with Gasteiger partial charge in [0.1, 0.15) is 5.52 Å². The summed E-state index contributed by atoms with van der Waals surface area (Å²) in [5, 5.41) is 11.5. The highest BCUT2D eigenvalue weighted by Gasteiger charge is 2.46. The Morgan fingerprint density at radius 1 is 1.19 bits per heavy atom. The lowest BCUT2D eigenvalue weighted by molar-refractivity contribution is 0.628. The van der Waals surface area contributed by atoms with E-state index in [-0.39, 0.29) is 0 Å². The molecule has 1 atom stereocenters. The molecule has 0 amide bonds. The van der Waals surface area contributed by atoms with Crippen LogP contribution in [-0.4, -0.2) is 21.2 Å². The van der Waals surface area contributed by atoms with Gasteiger partial charge in [-0.25, -0.2) is 4.98 Å².